The molecule has 0 radical (unpaired) electrons. The maximum Gasteiger partial charge on any atom is 0.223 e. The summed E-state index contributed by atoms with van der Waals surface area (Å²) >= 11 is 0. The van der Waals surface area contributed by atoms with Crippen molar-refractivity contribution in [1.29, 1.82) is 5.26 Å². The van der Waals surface area contributed by atoms with Crippen LogP contribution >= 0.6 is 0 Å². The second-order valence-electron chi connectivity index (χ2n) is 5.88. The lowest BCUT2D eigenvalue weighted by Gasteiger charge is -2.14. The van der Waals surface area contributed by atoms with Gasteiger partial charge in [-0.05, 0) is 47.6 Å². The summed E-state index contributed by atoms with van der Waals surface area (Å²) in [6.45, 7) is 0. The topological polar surface area (TPSA) is 74.8 Å². The number of methoxy groups -OCH3 is 1. The molecule has 2 aromatic rings. The second kappa shape index (κ2) is 8.54. The standard InChI is InChI=1S/C22H17N3O2/c1-27-21-13-18(15-24-25-20-9-7-17(14-23)8-10-20)12-19(22(21)26)11-16-5-3-2-4-6-16/h2-10,12-13,15H,11H2,1H3. The molecule has 0 atom stereocenters. The van der Waals surface area contributed by atoms with Gasteiger partial charge in [0.15, 0.2) is 5.76 Å². The molecule has 0 aliphatic heterocycles. The molecule has 1 aliphatic rings. The average Bonchev–Trinajstić information content (AvgIpc) is 2.71. The van der Waals surface area contributed by atoms with E-state index in [1.807, 2.05) is 30.3 Å². The lowest BCUT2D eigenvalue weighted by Crippen LogP contribution is -2.14. The molecule has 2 aromatic carbocycles. The van der Waals surface area contributed by atoms with E-state index in [0.29, 0.717) is 23.2 Å². The Bertz CT molecular complexity index is 992. The fraction of sp³-hybridized carbons (Fsp3) is 0.0909. The highest BCUT2D eigenvalue weighted by Gasteiger charge is 2.21. The van der Waals surface area contributed by atoms with Crippen LogP contribution in [0.3, 0.4) is 0 Å². The van der Waals surface area contributed by atoms with Gasteiger partial charge in [-0.15, -0.1) is 0 Å². The van der Waals surface area contributed by atoms with Gasteiger partial charge in [0.2, 0.25) is 5.78 Å². The molecule has 27 heavy (non-hydrogen) atoms. The normalized spacial score (nSPS) is 15.4. The first-order chi connectivity index (χ1) is 13.2. The second-order valence-corrected chi connectivity index (χ2v) is 5.88. The van der Waals surface area contributed by atoms with Crippen LogP contribution in [0.15, 0.2) is 100 Å². The molecule has 0 saturated carbocycles. The Morgan fingerprint density at radius 2 is 1.81 bits per heavy atom. The molecule has 0 fully saturated rings. The average molecular weight is 355 g/mol. The van der Waals surface area contributed by atoms with E-state index in [-0.39, 0.29) is 11.5 Å². The highest BCUT2D eigenvalue weighted by Crippen LogP contribution is 2.23. The summed E-state index contributed by atoms with van der Waals surface area (Å²) < 4.78 is 5.22. The number of azo groups is 1. The van der Waals surface area contributed by atoms with E-state index in [2.05, 4.69) is 16.3 Å². The summed E-state index contributed by atoms with van der Waals surface area (Å²) in [5.41, 5.74) is 3.63. The first-order valence-electron chi connectivity index (χ1n) is 8.35. The number of Topliss-reactive ketones (excluding diaryl/α,β-unsaturated/α-hetero) is 1. The number of ketones is 1. The Balaban J connectivity index is 1.82. The number of carbonyl (C=O) groups is 1. The summed E-state index contributed by atoms with van der Waals surface area (Å²) in [5, 5.41) is 17.0. The van der Waals surface area contributed by atoms with E-state index < -0.39 is 0 Å². The minimum atomic E-state index is -0.123. The lowest BCUT2D eigenvalue weighted by atomic mass is 9.94. The fourth-order valence-electron chi connectivity index (χ4n) is 2.62. The van der Waals surface area contributed by atoms with Crippen LogP contribution in [0.5, 0.6) is 0 Å². The van der Waals surface area contributed by atoms with Gasteiger partial charge in [0.25, 0.3) is 0 Å². The first-order valence-corrected chi connectivity index (χ1v) is 8.35. The molecular weight excluding hydrogens is 338 g/mol. The number of nitriles is 1. The number of hydrogen-bond donors (Lipinski definition) is 0. The zero-order valence-electron chi connectivity index (χ0n) is 14.8. The van der Waals surface area contributed by atoms with E-state index in [1.165, 1.54) is 7.11 Å². The van der Waals surface area contributed by atoms with Crippen LogP contribution in [-0.2, 0) is 16.0 Å². The Morgan fingerprint density at radius 3 is 2.48 bits per heavy atom. The maximum atomic E-state index is 12.5. The summed E-state index contributed by atoms with van der Waals surface area (Å²) in [4.78, 5) is 12.5. The van der Waals surface area contributed by atoms with Crippen molar-refractivity contribution in [3.05, 3.63) is 101 Å². The highest BCUT2D eigenvalue weighted by atomic mass is 16.5. The van der Waals surface area contributed by atoms with Crippen molar-refractivity contribution < 1.29 is 9.53 Å². The van der Waals surface area contributed by atoms with Gasteiger partial charge in [0.1, 0.15) is 0 Å². The minimum absolute atomic E-state index is 0.123. The maximum absolute atomic E-state index is 12.5. The third-order valence-electron chi connectivity index (χ3n) is 3.99. The molecule has 5 heteroatoms. The predicted octanol–water partition coefficient (Wildman–Crippen LogP) is 4.81. The fourth-order valence-corrected chi connectivity index (χ4v) is 2.62. The molecule has 0 saturated heterocycles. The third-order valence-corrected chi connectivity index (χ3v) is 3.99. The molecule has 3 rings (SSSR count). The van der Waals surface area contributed by atoms with Crippen LogP contribution in [-0.4, -0.2) is 12.9 Å². The number of allylic oxidation sites excluding steroid dienone is 4. The van der Waals surface area contributed by atoms with Crippen LogP contribution in [0.25, 0.3) is 0 Å². The summed E-state index contributed by atoms with van der Waals surface area (Å²) in [5.74, 6) is 0.158. The largest absolute Gasteiger partial charge is 0.493 e. The van der Waals surface area contributed by atoms with E-state index in [9.17, 15) is 4.79 Å². The Hall–Kier alpha value is -3.78. The van der Waals surface area contributed by atoms with Crippen LogP contribution in [0.2, 0.25) is 0 Å². The quantitative estimate of drug-likeness (QED) is 0.722. The summed E-state index contributed by atoms with van der Waals surface area (Å²) in [7, 11) is 1.48. The van der Waals surface area contributed by atoms with E-state index >= 15 is 0 Å². The molecule has 0 spiro atoms. The lowest BCUT2D eigenvalue weighted by molar-refractivity contribution is -0.115. The van der Waals surface area contributed by atoms with Gasteiger partial charge in [-0.2, -0.15) is 15.5 Å². The molecule has 5 nitrogen and oxygen atoms in total. The molecule has 0 N–H and O–H groups in total. The van der Waals surface area contributed by atoms with Crippen molar-refractivity contribution >= 4 is 11.5 Å². The van der Waals surface area contributed by atoms with Gasteiger partial charge in [-0.3, -0.25) is 4.79 Å². The Labute approximate surface area is 157 Å². The predicted molar refractivity (Wildman–Crippen MR) is 102 cm³/mol. The molecule has 0 heterocycles. The van der Waals surface area contributed by atoms with Crippen molar-refractivity contribution in [1.82, 2.24) is 0 Å². The Morgan fingerprint density at radius 1 is 1.07 bits per heavy atom. The van der Waals surface area contributed by atoms with Crippen molar-refractivity contribution in [2.45, 2.75) is 6.42 Å². The minimum Gasteiger partial charge on any atom is -0.493 e. The van der Waals surface area contributed by atoms with Crippen LogP contribution in [0.4, 0.5) is 5.69 Å². The monoisotopic (exact) mass is 355 g/mol. The summed E-state index contributed by atoms with van der Waals surface area (Å²) in [6.07, 6.45) is 5.55. The smallest absolute Gasteiger partial charge is 0.223 e. The van der Waals surface area contributed by atoms with Gasteiger partial charge < -0.3 is 4.74 Å². The summed E-state index contributed by atoms with van der Waals surface area (Å²) in [6, 6.07) is 18.6. The van der Waals surface area contributed by atoms with Gasteiger partial charge >= 0.3 is 0 Å². The van der Waals surface area contributed by atoms with Crippen molar-refractivity contribution in [2.24, 2.45) is 10.2 Å². The Kier molecular flexibility index (Phi) is 5.70. The van der Waals surface area contributed by atoms with Crippen molar-refractivity contribution in [3.63, 3.8) is 0 Å². The first kappa shape index (κ1) is 18.0. The van der Waals surface area contributed by atoms with Crippen LogP contribution in [0.1, 0.15) is 11.1 Å². The van der Waals surface area contributed by atoms with Gasteiger partial charge in [0.05, 0.1) is 30.6 Å². The van der Waals surface area contributed by atoms with Gasteiger partial charge in [0, 0.05) is 12.0 Å². The number of carbonyl (C=O) groups excluding carboxylic acids is 1. The molecule has 0 unspecified atom stereocenters. The molecule has 0 bridgehead atoms. The van der Waals surface area contributed by atoms with E-state index in [4.69, 9.17) is 10.00 Å². The third kappa shape index (κ3) is 4.65. The van der Waals surface area contributed by atoms with Crippen molar-refractivity contribution in [2.75, 3.05) is 7.11 Å². The molecule has 0 aromatic heterocycles. The number of benzene rings is 2. The number of ether oxygens (including phenoxy) is 1. The van der Waals surface area contributed by atoms with E-state index in [0.717, 1.165) is 11.1 Å². The molecular formula is C22H17N3O2. The number of rotatable bonds is 5. The van der Waals surface area contributed by atoms with Crippen LogP contribution in [0, 0.1) is 11.3 Å². The SMILES string of the molecule is COC1=CC(=CN=Nc2ccc(C#N)cc2)C=C(Cc2ccccc2)C1=O. The van der Waals surface area contributed by atoms with Crippen molar-refractivity contribution in [3.8, 4) is 6.07 Å². The zero-order valence-corrected chi connectivity index (χ0v) is 14.8. The highest BCUT2D eigenvalue weighted by molar-refractivity contribution is 6.09. The van der Waals surface area contributed by atoms with E-state index in [1.54, 1.807) is 42.6 Å². The number of hydrogen-bond acceptors (Lipinski definition) is 5. The molecule has 132 valence electrons. The molecule has 0 amide bonds. The molecule has 1 aliphatic carbocycles. The zero-order chi connectivity index (χ0) is 19.1. The van der Waals surface area contributed by atoms with Gasteiger partial charge in [-0.1, -0.05) is 30.3 Å². The number of nitrogens with zero attached hydrogens (tertiary/aromatic N) is 3. The van der Waals surface area contributed by atoms with Crippen LogP contribution < -0.4 is 0 Å². The van der Waals surface area contributed by atoms with Gasteiger partial charge in [-0.25, -0.2) is 0 Å².